The summed E-state index contributed by atoms with van der Waals surface area (Å²) in [5.74, 6) is -2.30. The number of pyridine rings is 1. The number of alkyl halides is 3. The molecule has 4 aromatic rings. The van der Waals surface area contributed by atoms with Gasteiger partial charge in [-0.2, -0.15) is 22.7 Å². The summed E-state index contributed by atoms with van der Waals surface area (Å²) in [4.78, 5) is 12.4. The van der Waals surface area contributed by atoms with E-state index in [1.807, 2.05) is 6.92 Å². The summed E-state index contributed by atoms with van der Waals surface area (Å²) in [6.45, 7) is 3.83. The van der Waals surface area contributed by atoms with E-state index in [9.17, 15) is 37.2 Å². The Balaban J connectivity index is 0.000000304. The van der Waals surface area contributed by atoms with Gasteiger partial charge in [-0.25, -0.2) is 9.07 Å². The third-order valence-corrected chi connectivity index (χ3v) is 5.41. The predicted octanol–water partition coefficient (Wildman–Crippen LogP) is 5.18. The van der Waals surface area contributed by atoms with Gasteiger partial charge in [0.1, 0.15) is 5.82 Å². The second-order valence-corrected chi connectivity index (χ2v) is 8.68. The van der Waals surface area contributed by atoms with Crippen LogP contribution in [0.2, 0.25) is 0 Å². The average molecular weight is 604 g/mol. The lowest BCUT2D eigenvalue weighted by Crippen LogP contribution is -2.10. The van der Waals surface area contributed by atoms with E-state index in [0.717, 1.165) is 28.9 Å². The summed E-state index contributed by atoms with van der Waals surface area (Å²) >= 11 is 2.92. The molecule has 202 valence electrons. The normalized spacial score (nSPS) is 12.1. The van der Waals surface area contributed by atoms with Crippen LogP contribution in [-0.2, 0) is 19.1 Å². The Labute approximate surface area is 220 Å². The van der Waals surface area contributed by atoms with Crippen molar-refractivity contribution in [3.8, 4) is 5.69 Å². The first-order valence-electron chi connectivity index (χ1n) is 10.8. The molecule has 0 aliphatic carbocycles. The van der Waals surface area contributed by atoms with Gasteiger partial charge in [-0.1, -0.05) is 5.21 Å². The topological polar surface area (TPSA) is 125 Å². The van der Waals surface area contributed by atoms with E-state index in [-0.39, 0.29) is 23.4 Å². The first kappa shape index (κ1) is 28.8. The molecule has 0 aliphatic rings. The number of halogens is 6. The molecule has 0 saturated carbocycles. The molecule has 0 aliphatic heterocycles. The Hall–Kier alpha value is -3.79. The van der Waals surface area contributed by atoms with Crippen LogP contribution < -0.4 is 0 Å². The first-order chi connectivity index (χ1) is 17.8. The highest BCUT2D eigenvalue weighted by Crippen LogP contribution is 2.32. The maximum absolute atomic E-state index is 13.6. The number of aliphatic hydroxyl groups excluding tert-OH is 1. The molecule has 0 saturated heterocycles. The molecule has 38 heavy (non-hydrogen) atoms. The van der Waals surface area contributed by atoms with Gasteiger partial charge >= 0.3 is 12.0 Å². The maximum Gasteiger partial charge on any atom is 0.435 e. The van der Waals surface area contributed by atoms with Crippen LogP contribution in [0.15, 0.2) is 47.2 Å². The van der Waals surface area contributed by atoms with Crippen LogP contribution in [0.3, 0.4) is 0 Å². The molecule has 0 spiro atoms. The number of aryl methyl sites for hydroxylation is 1. The number of nitrogens with zero attached hydrogens (tertiary/aromatic N) is 7. The van der Waals surface area contributed by atoms with E-state index in [4.69, 9.17) is 0 Å². The van der Waals surface area contributed by atoms with Crippen LogP contribution in [0.5, 0.6) is 0 Å². The van der Waals surface area contributed by atoms with Crippen molar-refractivity contribution in [2.45, 2.75) is 39.1 Å². The number of nitro groups is 1. The van der Waals surface area contributed by atoms with Crippen molar-refractivity contribution in [1.82, 2.24) is 29.8 Å². The van der Waals surface area contributed by atoms with Crippen LogP contribution in [-0.4, -0.2) is 39.8 Å². The number of aromatic nitrogens is 6. The summed E-state index contributed by atoms with van der Waals surface area (Å²) in [5, 5.41) is 31.4. The molecule has 4 rings (SSSR count). The van der Waals surface area contributed by atoms with Gasteiger partial charge in [-0.05, 0) is 64.0 Å². The minimum atomic E-state index is -4.65. The molecule has 0 radical (unpaired) electrons. The average Bonchev–Trinajstić information content (AvgIpc) is 3.46. The molecule has 0 amide bonds. The molecular formula is C22H19BrF5N7O3. The van der Waals surface area contributed by atoms with Gasteiger partial charge in [-0.3, -0.25) is 4.68 Å². The highest BCUT2D eigenvalue weighted by Gasteiger charge is 2.35. The SMILES string of the molecule is CCn1cc(Cc2cc(C(F)(F)F)nn2-c2ccc(F)cc2[C@@H](C)O)nn1.O=[N+]([O-])c1ncc(Br)cc1F. The largest absolute Gasteiger partial charge is 0.435 e. The molecule has 1 atom stereocenters. The summed E-state index contributed by atoms with van der Waals surface area (Å²) in [6.07, 6.45) is -2.90. The third-order valence-electron chi connectivity index (χ3n) is 4.98. The first-order valence-corrected chi connectivity index (χ1v) is 11.6. The molecule has 10 nitrogen and oxygen atoms in total. The van der Waals surface area contributed by atoms with E-state index in [2.05, 4.69) is 36.3 Å². The van der Waals surface area contributed by atoms with Crippen molar-refractivity contribution < 1.29 is 32.0 Å². The van der Waals surface area contributed by atoms with Crippen molar-refractivity contribution in [3.05, 3.63) is 91.6 Å². The van der Waals surface area contributed by atoms with Crippen molar-refractivity contribution in [1.29, 1.82) is 0 Å². The number of benzene rings is 1. The Morgan fingerprint density at radius 1 is 1.21 bits per heavy atom. The zero-order valence-electron chi connectivity index (χ0n) is 19.7. The molecule has 0 fully saturated rings. The molecule has 16 heteroatoms. The number of hydrogen-bond acceptors (Lipinski definition) is 7. The lowest BCUT2D eigenvalue weighted by Gasteiger charge is -2.14. The Bertz CT molecular complexity index is 1440. The standard InChI is InChI=1S/C17H17F4N5O.C5H2BrFN2O2/c1-3-25-9-12(22-24-25)7-13-8-16(17(19,20)21)23-26(13)15-5-4-11(18)6-14(15)10(2)27;6-3-1-4(7)5(8-2-3)9(10)11/h4-6,8-10,27H,3,7H2,1-2H3;1-2H/t10-;/m1./s1. The number of hydrogen-bond donors (Lipinski definition) is 1. The zero-order valence-corrected chi connectivity index (χ0v) is 21.3. The van der Waals surface area contributed by atoms with Crippen LogP contribution in [0, 0.1) is 21.7 Å². The molecule has 3 heterocycles. The fraction of sp³-hybridized carbons (Fsp3) is 0.273. The van der Waals surface area contributed by atoms with Crippen molar-refractivity contribution >= 4 is 21.7 Å². The van der Waals surface area contributed by atoms with Gasteiger partial charge in [-0.15, -0.1) is 5.10 Å². The van der Waals surface area contributed by atoms with Crippen LogP contribution in [0.1, 0.15) is 42.6 Å². The monoisotopic (exact) mass is 603 g/mol. The van der Waals surface area contributed by atoms with Gasteiger partial charge in [0.15, 0.2) is 11.9 Å². The van der Waals surface area contributed by atoms with Crippen LogP contribution in [0.4, 0.5) is 27.8 Å². The van der Waals surface area contributed by atoms with Crippen LogP contribution in [0.25, 0.3) is 5.69 Å². The van der Waals surface area contributed by atoms with Gasteiger partial charge in [0.05, 0.1) is 27.7 Å². The number of aliphatic hydroxyl groups is 1. The second-order valence-electron chi connectivity index (χ2n) is 7.77. The molecule has 3 aromatic heterocycles. The number of rotatable bonds is 6. The highest BCUT2D eigenvalue weighted by molar-refractivity contribution is 9.10. The molecule has 1 aromatic carbocycles. The fourth-order valence-electron chi connectivity index (χ4n) is 3.25. The van der Waals surface area contributed by atoms with Crippen molar-refractivity contribution in [2.75, 3.05) is 0 Å². The van der Waals surface area contributed by atoms with E-state index in [1.165, 1.54) is 19.2 Å². The summed E-state index contributed by atoms with van der Waals surface area (Å²) in [7, 11) is 0. The summed E-state index contributed by atoms with van der Waals surface area (Å²) in [6, 6.07) is 5.38. The van der Waals surface area contributed by atoms with Crippen molar-refractivity contribution in [3.63, 3.8) is 0 Å². The molecule has 1 N–H and O–H groups in total. The Morgan fingerprint density at radius 3 is 2.47 bits per heavy atom. The third kappa shape index (κ3) is 6.95. The summed E-state index contributed by atoms with van der Waals surface area (Å²) < 4.78 is 68.7. The van der Waals surface area contributed by atoms with E-state index in [0.29, 0.717) is 16.7 Å². The van der Waals surface area contributed by atoms with E-state index in [1.54, 1.807) is 10.9 Å². The second kappa shape index (κ2) is 11.7. The zero-order chi connectivity index (χ0) is 28.2. The van der Waals surface area contributed by atoms with Gasteiger partial charge < -0.3 is 15.2 Å². The van der Waals surface area contributed by atoms with Gasteiger partial charge in [0.2, 0.25) is 5.82 Å². The Morgan fingerprint density at radius 2 is 1.92 bits per heavy atom. The lowest BCUT2D eigenvalue weighted by molar-refractivity contribution is -0.392. The molecule has 0 bridgehead atoms. The summed E-state index contributed by atoms with van der Waals surface area (Å²) in [5.41, 5.74) is -0.127. The minimum absolute atomic E-state index is 0.0414. The lowest BCUT2D eigenvalue weighted by atomic mass is 10.1. The van der Waals surface area contributed by atoms with Crippen molar-refractivity contribution in [2.24, 2.45) is 0 Å². The molecular weight excluding hydrogens is 585 g/mol. The smallest absolute Gasteiger partial charge is 0.389 e. The van der Waals surface area contributed by atoms with Crippen LogP contribution >= 0.6 is 15.9 Å². The van der Waals surface area contributed by atoms with E-state index >= 15 is 0 Å². The molecule has 0 unspecified atom stereocenters. The van der Waals surface area contributed by atoms with Gasteiger partial charge in [0, 0.05) is 30.8 Å². The predicted molar refractivity (Wildman–Crippen MR) is 126 cm³/mol. The Kier molecular flexibility index (Phi) is 8.88. The highest BCUT2D eigenvalue weighted by atomic mass is 79.9. The quantitative estimate of drug-likeness (QED) is 0.183. The van der Waals surface area contributed by atoms with E-state index < -0.39 is 40.3 Å². The minimum Gasteiger partial charge on any atom is -0.389 e. The maximum atomic E-state index is 13.6. The fourth-order valence-corrected chi connectivity index (χ4v) is 3.55. The van der Waals surface area contributed by atoms with Gasteiger partial charge in [0.25, 0.3) is 0 Å².